The molecule has 0 aromatic heterocycles. The summed E-state index contributed by atoms with van der Waals surface area (Å²) in [4.78, 5) is 11.5. The van der Waals surface area contributed by atoms with Crippen LogP contribution in [0.4, 0.5) is 8.78 Å². The lowest BCUT2D eigenvalue weighted by atomic mass is 10.0. The van der Waals surface area contributed by atoms with Crippen molar-refractivity contribution >= 4 is 5.97 Å². The molecule has 0 bridgehead atoms. The van der Waals surface area contributed by atoms with Gasteiger partial charge in [0.15, 0.2) is 11.6 Å². The zero-order valence-corrected chi connectivity index (χ0v) is 10.9. The van der Waals surface area contributed by atoms with Crippen LogP contribution >= 0.6 is 0 Å². The predicted octanol–water partition coefficient (Wildman–Crippen LogP) is 3.66. The Morgan fingerprint density at radius 3 is 2.50 bits per heavy atom. The lowest BCUT2D eigenvalue weighted by Gasteiger charge is -2.14. The Morgan fingerprint density at radius 2 is 1.94 bits per heavy atom. The predicted molar refractivity (Wildman–Crippen MR) is 65.2 cm³/mol. The fraction of sp³-hybridized carbons (Fsp3) is 0.500. The molecule has 0 N–H and O–H groups in total. The van der Waals surface area contributed by atoms with E-state index in [1.54, 1.807) is 13.8 Å². The Kier molecular flexibility index (Phi) is 5.25. The SMILES string of the molecule is CCC(C)C(=O)OC[C@@H](C)c1ccc(F)c(F)c1. The summed E-state index contributed by atoms with van der Waals surface area (Å²) in [5.41, 5.74) is 0.617. The third-order valence-corrected chi connectivity index (χ3v) is 3.00. The Bertz CT molecular complexity index is 418. The topological polar surface area (TPSA) is 26.3 Å². The van der Waals surface area contributed by atoms with Crippen molar-refractivity contribution in [2.45, 2.75) is 33.1 Å². The minimum atomic E-state index is -0.882. The van der Waals surface area contributed by atoms with Gasteiger partial charge < -0.3 is 4.74 Å². The van der Waals surface area contributed by atoms with Gasteiger partial charge in [-0.05, 0) is 24.1 Å². The summed E-state index contributed by atoms with van der Waals surface area (Å²) in [6.07, 6.45) is 0.721. The molecule has 0 aliphatic rings. The largest absolute Gasteiger partial charge is 0.465 e. The van der Waals surface area contributed by atoms with Crippen LogP contribution in [0.15, 0.2) is 18.2 Å². The number of esters is 1. The highest BCUT2D eigenvalue weighted by Gasteiger charge is 2.15. The Labute approximate surface area is 106 Å². The average Bonchev–Trinajstić information content (AvgIpc) is 2.37. The molecule has 0 heterocycles. The highest BCUT2D eigenvalue weighted by Crippen LogP contribution is 2.19. The third kappa shape index (κ3) is 3.79. The molecule has 1 aromatic carbocycles. The smallest absolute Gasteiger partial charge is 0.308 e. The molecule has 0 amide bonds. The van der Waals surface area contributed by atoms with Gasteiger partial charge in [-0.1, -0.05) is 26.8 Å². The molecule has 1 rings (SSSR count). The van der Waals surface area contributed by atoms with E-state index in [-0.39, 0.29) is 24.4 Å². The van der Waals surface area contributed by atoms with Gasteiger partial charge in [-0.25, -0.2) is 8.78 Å². The molecule has 0 radical (unpaired) electrons. The van der Waals surface area contributed by atoms with Crippen molar-refractivity contribution in [2.75, 3.05) is 6.61 Å². The summed E-state index contributed by atoms with van der Waals surface area (Å²) in [7, 11) is 0. The first-order valence-corrected chi connectivity index (χ1v) is 6.07. The first-order chi connectivity index (χ1) is 8.45. The Morgan fingerprint density at radius 1 is 1.28 bits per heavy atom. The van der Waals surface area contributed by atoms with Crippen LogP contribution in [0.1, 0.15) is 38.7 Å². The lowest BCUT2D eigenvalue weighted by Crippen LogP contribution is -2.17. The van der Waals surface area contributed by atoms with Gasteiger partial charge in [0.1, 0.15) is 0 Å². The maximum Gasteiger partial charge on any atom is 0.308 e. The number of hydrogen-bond acceptors (Lipinski definition) is 2. The molecular formula is C14H18F2O2. The lowest BCUT2D eigenvalue weighted by molar-refractivity contribution is -0.148. The number of hydrogen-bond donors (Lipinski definition) is 0. The van der Waals surface area contributed by atoms with E-state index in [4.69, 9.17) is 4.74 Å². The van der Waals surface area contributed by atoms with Crippen LogP contribution in [-0.4, -0.2) is 12.6 Å². The molecule has 2 atom stereocenters. The van der Waals surface area contributed by atoms with Gasteiger partial charge in [-0.2, -0.15) is 0 Å². The normalized spacial score (nSPS) is 14.1. The zero-order chi connectivity index (χ0) is 13.7. The maximum atomic E-state index is 13.0. The summed E-state index contributed by atoms with van der Waals surface area (Å²) in [6.45, 7) is 5.68. The van der Waals surface area contributed by atoms with E-state index in [1.165, 1.54) is 6.07 Å². The molecule has 2 nitrogen and oxygen atoms in total. The highest BCUT2D eigenvalue weighted by atomic mass is 19.2. The van der Waals surface area contributed by atoms with Crippen molar-refractivity contribution in [3.05, 3.63) is 35.4 Å². The molecule has 0 saturated carbocycles. The molecule has 1 unspecified atom stereocenters. The molecular weight excluding hydrogens is 238 g/mol. The highest BCUT2D eigenvalue weighted by molar-refractivity contribution is 5.71. The van der Waals surface area contributed by atoms with Crippen LogP contribution < -0.4 is 0 Å². The van der Waals surface area contributed by atoms with E-state index in [0.29, 0.717) is 5.56 Å². The third-order valence-electron chi connectivity index (χ3n) is 3.00. The molecule has 0 fully saturated rings. The number of halogens is 2. The van der Waals surface area contributed by atoms with E-state index < -0.39 is 11.6 Å². The van der Waals surface area contributed by atoms with E-state index in [2.05, 4.69) is 0 Å². The number of rotatable bonds is 5. The van der Waals surface area contributed by atoms with E-state index in [0.717, 1.165) is 18.6 Å². The summed E-state index contributed by atoms with van der Waals surface area (Å²) in [5, 5.41) is 0. The van der Waals surface area contributed by atoms with E-state index in [9.17, 15) is 13.6 Å². The Balaban J connectivity index is 2.57. The van der Waals surface area contributed by atoms with Crippen LogP contribution in [0.2, 0.25) is 0 Å². The second-order valence-electron chi connectivity index (χ2n) is 4.51. The zero-order valence-electron chi connectivity index (χ0n) is 10.9. The van der Waals surface area contributed by atoms with Gasteiger partial charge in [-0.15, -0.1) is 0 Å². The van der Waals surface area contributed by atoms with Crippen molar-refractivity contribution in [3.63, 3.8) is 0 Å². The van der Waals surface area contributed by atoms with Crippen LogP contribution in [0.5, 0.6) is 0 Å². The van der Waals surface area contributed by atoms with Crippen molar-refractivity contribution in [1.82, 2.24) is 0 Å². The molecule has 1 aromatic rings. The first kappa shape index (κ1) is 14.6. The fourth-order valence-corrected chi connectivity index (χ4v) is 1.43. The molecule has 0 spiro atoms. The van der Waals surface area contributed by atoms with Crippen LogP contribution in [-0.2, 0) is 9.53 Å². The van der Waals surface area contributed by atoms with Crippen molar-refractivity contribution in [1.29, 1.82) is 0 Å². The van der Waals surface area contributed by atoms with Gasteiger partial charge in [0, 0.05) is 5.92 Å². The minimum absolute atomic E-state index is 0.137. The standard InChI is InChI=1S/C14H18F2O2/c1-4-9(2)14(17)18-8-10(3)11-5-6-12(15)13(16)7-11/h5-7,9-10H,4,8H2,1-3H3/t9?,10-/m1/s1. The summed E-state index contributed by atoms with van der Waals surface area (Å²) >= 11 is 0. The van der Waals surface area contributed by atoms with Crippen molar-refractivity contribution < 1.29 is 18.3 Å². The first-order valence-electron chi connectivity index (χ1n) is 6.07. The van der Waals surface area contributed by atoms with Gasteiger partial charge in [0.2, 0.25) is 0 Å². The maximum absolute atomic E-state index is 13.0. The number of carbonyl (C=O) groups excluding carboxylic acids is 1. The monoisotopic (exact) mass is 256 g/mol. The summed E-state index contributed by atoms with van der Waals surface area (Å²) in [6, 6.07) is 3.72. The van der Waals surface area contributed by atoms with Crippen molar-refractivity contribution in [3.8, 4) is 0 Å². The molecule has 100 valence electrons. The van der Waals surface area contributed by atoms with Gasteiger partial charge in [0.05, 0.1) is 12.5 Å². The average molecular weight is 256 g/mol. The number of ether oxygens (including phenoxy) is 1. The summed E-state index contributed by atoms with van der Waals surface area (Å²) < 4.78 is 30.9. The second kappa shape index (κ2) is 6.47. The minimum Gasteiger partial charge on any atom is -0.465 e. The fourth-order valence-electron chi connectivity index (χ4n) is 1.43. The molecule has 18 heavy (non-hydrogen) atoms. The van der Waals surface area contributed by atoms with Crippen LogP contribution in [0.3, 0.4) is 0 Å². The molecule has 4 heteroatoms. The molecule has 0 aliphatic heterocycles. The summed E-state index contributed by atoms with van der Waals surface area (Å²) in [5.74, 6) is -2.31. The van der Waals surface area contributed by atoms with Gasteiger partial charge >= 0.3 is 5.97 Å². The second-order valence-corrected chi connectivity index (χ2v) is 4.51. The number of benzene rings is 1. The molecule has 0 saturated heterocycles. The van der Waals surface area contributed by atoms with E-state index >= 15 is 0 Å². The number of carbonyl (C=O) groups is 1. The van der Waals surface area contributed by atoms with Crippen molar-refractivity contribution in [2.24, 2.45) is 5.92 Å². The van der Waals surface area contributed by atoms with Gasteiger partial charge in [0.25, 0.3) is 0 Å². The van der Waals surface area contributed by atoms with Gasteiger partial charge in [-0.3, -0.25) is 4.79 Å². The molecule has 0 aliphatic carbocycles. The van der Waals surface area contributed by atoms with Crippen LogP contribution in [0, 0.1) is 17.6 Å². The Hall–Kier alpha value is -1.45. The van der Waals surface area contributed by atoms with Crippen LogP contribution in [0.25, 0.3) is 0 Å². The quantitative estimate of drug-likeness (QED) is 0.751. The van der Waals surface area contributed by atoms with E-state index in [1.807, 2.05) is 6.92 Å².